The maximum atomic E-state index is 7.08. The SMILES string of the molecule is c1ccc(-c2ccc(N(c3ccc4ccccc4c3)c3ccc4c(c3)oc3c(-c5nc(-c6ccccc6)c6sc7ccccc7c6n5)cc5ccccc5c34)cc2)cc1. The molecule has 59 heavy (non-hydrogen) atoms. The van der Waals surface area contributed by atoms with E-state index in [0.717, 1.165) is 82.2 Å². The molecule has 3 aromatic heterocycles. The molecule has 0 unspecified atom stereocenters. The van der Waals surface area contributed by atoms with Crippen LogP contribution in [0.5, 0.6) is 0 Å². The van der Waals surface area contributed by atoms with Crippen molar-refractivity contribution in [2.75, 3.05) is 4.90 Å². The van der Waals surface area contributed by atoms with Gasteiger partial charge in [0.25, 0.3) is 0 Å². The number of fused-ring (bicyclic) bond motifs is 9. The maximum absolute atomic E-state index is 7.08. The van der Waals surface area contributed by atoms with E-state index in [1.54, 1.807) is 11.3 Å². The molecule has 0 aliphatic rings. The van der Waals surface area contributed by atoms with Crippen molar-refractivity contribution in [2.24, 2.45) is 0 Å². The Morgan fingerprint density at radius 1 is 0.441 bits per heavy atom. The van der Waals surface area contributed by atoms with Gasteiger partial charge in [-0.1, -0.05) is 146 Å². The molecule has 0 spiro atoms. The van der Waals surface area contributed by atoms with E-state index >= 15 is 0 Å². The Labute approximate surface area is 343 Å². The van der Waals surface area contributed by atoms with Gasteiger partial charge in [-0.25, -0.2) is 9.97 Å². The van der Waals surface area contributed by atoms with Gasteiger partial charge in [-0.2, -0.15) is 0 Å². The highest BCUT2D eigenvalue weighted by atomic mass is 32.1. The summed E-state index contributed by atoms with van der Waals surface area (Å²) in [5.41, 5.74) is 10.9. The molecular formula is C54H33N3OS. The lowest BCUT2D eigenvalue weighted by Crippen LogP contribution is -2.09. The minimum Gasteiger partial charge on any atom is -0.455 e. The van der Waals surface area contributed by atoms with Crippen molar-refractivity contribution < 1.29 is 4.42 Å². The number of hydrogen-bond donors (Lipinski definition) is 0. The molecular weight excluding hydrogens is 739 g/mol. The zero-order chi connectivity index (χ0) is 38.9. The highest BCUT2D eigenvalue weighted by Gasteiger charge is 2.23. The Morgan fingerprint density at radius 2 is 1.07 bits per heavy atom. The predicted molar refractivity (Wildman–Crippen MR) is 248 cm³/mol. The third-order valence-electron chi connectivity index (χ3n) is 11.4. The fraction of sp³-hybridized carbons (Fsp3) is 0. The molecule has 12 aromatic rings. The Balaban J connectivity index is 1.08. The summed E-state index contributed by atoms with van der Waals surface area (Å²) < 4.78 is 9.35. The van der Waals surface area contributed by atoms with Gasteiger partial charge in [0.05, 0.1) is 21.5 Å². The molecule has 9 aromatic carbocycles. The van der Waals surface area contributed by atoms with Crippen LogP contribution in [0.2, 0.25) is 0 Å². The molecule has 0 N–H and O–H groups in total. The lowest BCUT2D eigenvalue weighted by molar-refractivity contribution is 0.670. The molecule has 0 atom stereocenters. The second-order valence-electron chi connectivity index (χ2n) is 14.9. The number of furan rings is 1. The molecule has 5 heteroatoms. The maximum Gasteiger partial charge on any atom is 0.164 e. The van der Waals surface area contributed by atoms with Crippen molar-refractivity contribution in [2.45, 2.75) is 0 Å². The van der Waals surface area contributed by atoms with Gasteiger partial charge in [0, 0.05) is 49.6 Å². The number of nitrogens with zero attached hydrogens (tertiary/aromatic N) is 3. The van der Waals surface area contributed by atoms with E-state index in [2.05, 4.69) is 199 Å². The molecule has 0 amide bonds. The summed E-state index contributed by atoms with van der Waals surface area (Å²) in [5.74, 6) is 0.645. The lowest BCUT2D eigenvalue weighted by atomic mass is 9.99. The molecule has 3 heterocycles. The zero-order valence-corrected chi connectivity index (χ0v) is 32.5. The van der Waals surface area contributed by atoms with Crippen LogP contribution in [-0.4, -0.2) is 9.97 Å². The highest BCUT2D eigenvalue weighted by Crippen LogP contribution is 2.45. The van der Waals surface area contributed by atoms with E-state index in [-0.39, 0.29) is 0 Å². The van der Waals surface area contributed by atoms with Gasteiger partial charge >= 0.3 is 0 Å². The van der Waals surface area contributed by atoms with Crippen LogP contribution in [0.25, 0.3) is 97.6 Å². The summed E-state index contributed by atoms with van der Waals surface area (Å²) in [6.45, 7) is 0. The largest absolute Gasteiger partial charge is 0.455 e. The number of rotatable bonds is 6. The highest BCUT2D eigenvalue weighted by molar-refractivity contribution is 7.26. The van der Waals surface area contributed by atoms with Crippen LogP contribution in [0.4, 0.5) is 17.1 Å². The van der Waals surface area contributed by atoms with Crippen LogP contribution in [0, 0.1) is 0 Å². The summed E-state index contributed by atoms with van der Waals surface area (Å²) in [4.78, 5) is 13.0. The number of benzene rings is 9. The molecule has 0 aliphatic heterocycles. The van der Waals surface area contributed by atoms with Gasteiger partial charge < -0.3 is 9.32 Å². The average Bonchev–Trinajstić information content (AvgIpc) is 3.88. The third kappa shape index (κ3) is 5.58. The summed E-state index contributed by atoms with van der Waals surface area (Å²) in [7, 11) is 0. The van der Waals surface area contributed by atoms with E-state index in [1.165, 1.54) is 26.6 Å². The first-order valence-electron chi connectivity index (χ1n) is 19.8. The quantitative estimate of drug-likeness (QED) is 0.169. The first-order chi connectivity index (χ1) is 29.2. The molecule has 0 fully saturated rings. The van der Waals surface area contributed by atoms with Crippen LogP contribution >= 0.6 is 11.3 Å². The van der Waals surface area contributed by atoms with Crippen LogP contribution in [-0.2, 0) is 0 Å². The molecule has 0 saturated heterocycles. The van der Waals surface area contributed by atoms with Crippen LogP contribution in [0.15, 0.2) is 205 Å². The molecule has 0 bridgehead atoms. The number of thiophene rings is 1. The monoisotopic (exact) mass is 771 g/mol. The van der Waals surface area contributed by atoms with Gasteiger partial charge in [0.1, 0.15) is 11.2 Å². The van der Waals surface area contributed by atoms with E-state index in [1.807, 2.05) is 6.07 Å². The van der Waals surface area contributed by atoms with Crippen molar-refractivity contribution in [3.63, 3.8) is 0 Å². The molecule has 0 saturated carbocycles. The van der Waals surface area contributed by atoms with Crippen molar-refractivity contribution in [1.82, 2.24) is 9.97 Å². The van der Waals surface area contributed by atoms with Crippen LogP contribution in [0.3, 0.4) is 0 Å². The van der Waals surface area contributed by atoms with Crippen molar-refractivity contribution >= 4 is 92.2 Å². The second-order valence-corrected chi connectivity index (χ2v) is 16.0. The summed E-state index contributed by atoms with van der Waals surface area (Å²) in [6.07, 6.45) is 0. The minimum atomic E-state index is 0.645. The normalized spacial score (nSPS) is 11.7. The van der Waals surface area contributed by atoms with E-state index < -0.39 is 0 Å². The van der Waals surface area contributed by atoms with Gasteiger partial charge in [0.2, 0.25) is 0 Å². The Bertz CT molecular complexity index is 3560. The second kappa shape index (κ2) is 13.5. The fourth-order valence-electron chi connectivity index (χ4n) is 8.62. The smallest absolute Gasteiger partial charge is 0.164 e. The average molecular weight is 772 g/mol. The van der Waals surface area contributed by atoms with Crippen LogP contribution < -0.4 is 4.90 Å². The first-order valence-corrected chi connectivity index (χ1v) is 20.6. The van der Waals surface area contributed by atoms with Crippen molar-refractivity contribution in [3.05, 3.63) is 200 Å². The fourth-order valence-corrected chi connectivity index (χ4v) is 9.77. The minimum absolute atomic E-state index is 0.645. The van der Waals surface area contributed by atoms with Gasteiger partial charge in [-0.05, 0) is 81.2 Å². The number of aromatic nitrogens is 2. The van der Waals surface area contributed by atoms with Crippen molar-refractivity contribution in [3.8, 4) is 33.8 Å². The molecule has 276 valence electrons. The topological polar surface area (TPSA) is 42.2 Å². The first kappa shape index (κ1) is 33.5. The van der Waals surface area contributed by atoms with Gasteiger partial charge in [-0.3, -0.25) is 0 Å². The van der Waals surface area contributed by atoms with Crippen molar-refractivity contribution in [1.29, 1.82) is 0 Å². The lowest BCUT2D eigenvalue weighted by Gasteiger charge is -2.26. The summed E-state index contributed by atoms with van der Waals surface area (Å²) in [5, 5.41) is 7.86. The Morgan fingerprint density at radius 3 is 1.88 bits per heavy atom. The van der Waals surface area contributed by atoms with E-state index in [4.69, 9.17) is 14.4 Å². The summed E-state index contributed by atoms with van der Waals surface area (Å²) in [6, 6.07) is 70.8. The molecule has 4 nitrogen and oxygen atoms in total. The van der Waals surface area contributed by atoms with E-state index in [0.29, 0.717) is 5.82 Å². The molecule has 0 aliphatic carbocycles. The predicted octanol–water partition coefficient (Wildman–Crippen LogP) is 15.5. The van der Waals surface area contributed by atoms with Gasteiger partial charge in [-0.15, -0.1) is 11.3 Å². The van der Waals surface area contributed by atoms with Crippen LogP contribution in [0.1, 0.15) is 0 Å². The zero-order valence-electron chi connectivity index (χ0n) is 31.7. The Kier molecular flexibility index (Phi) is 7.68. The van der Waals surface area contributed by atoms with Gasteiger partial charge in [0.15, 0.2) is 5.82 Å². The number of hydrogen-bond acceptors (Lipinski definition) is 5. The van der Waals surface area contributed by atoms with E-state index in [9.17, 15) is 0 Å². The molecule has 12 rings (SSSR count). The number of anilines is 3. The Hall–Kier alpha value is -7.60. The standard InChI is InChI=1S/C54H33N3OS/c1-3-13-34(14-4-1)36-23-26-40(27-24-36)57(41-28-25-35-15-7-8-18-38(35)31-41)42-29-30-44-47(33-42)58-52-46(32-39-19-9-10-20-43(39)49(44)52)54-55-50(37-16-5-2-6-17-37)53-51(56-54)45-21-11-12-22-48(45)59-53/h1-33H. The third-order valence-corrected chi connectivity index (χ3v) is 12.6. The molecule has 0 radical (unpaired) electrons. The summed E-state index contributed by atoms with van der Waals surface area (Å²) >= 11 is 1.74.